The Kier molecular flexibility index (Phi) is 4.59. The maximum atomic E-state index is 11.5. The van der Waals surface area contributed by atoms with Crippen molar-refractivity contribution in [2.45, 2.75) is 16.8 Å². The summed E-state index contributed by atoms with van der Waals surface area (Å²) in [5, 5.41) is 9.57. The lowest BCUT2D eigenvalue weighted by atomic mass is 10.2. The van der Waals surface area contributed by atoms with Crippen molar-refractivity contribution in [3.8, 4) is 0 Å². The lowest BCUT2D eigenvalue weighted by Gasteiger charge is -2.06. The monoisotopic (exact) mass is 303 g/mol. The Morgan fingerprint density at radius 1 is 1.14 bits per heavy atom. The highest BCUT2D eigenvalue weighted by Gasteiger charge is 2.11. The second kappa shape index (κ2) is 6.41. The molecule has 0 unspecified atom stereocenters. The van der Waals surface area contributed by atoms with Crippen LogP contribution in [0.25, 0.3) is 0 Å². The Morgan fingerprint density at radius 3 is 2.33 bits per heavy atom. The minimum atomic E-state index is -0.956. The normalized spacial score (nSPS) is 10.2. The van der Waals surface area contributed by atoms with Gasteiger partial charge in [-0.05, 0) is 43.3 Å². The number of esters is 1. The molecule has 2 aromatic rings. The molecule has 0 saturated carbocycles. The van der Waals surface area contributed by atoms with Gasteiger partial charge >= 0.3 is 11.9 Å². The van der Waals surface area contributed by atoms with Gasteiger partial charge in [0.1, 0.15) is 5.03 Å². The van der Waals surface area contributed by atoms with Crippen molar-refractivity contribution in [1.82, 2.24) is 4.98 Å². The van der Waals surface area contributed by atoms with E-state index in [0.717, 1.165) is 9.92 Å². The van der Waals surface area contributed by atoms with E-state index in [9.17, 15) is 9.59 Å². The van der Waals surface area contributed by atoms with Crippen molar-refractivity contribution in [3.05, 3.63) is 53.2 Å². The Labute approximate surface area is 126 Å². The van der Waals surface area contributed by atoms with Gasteiger partial charge in [0.25, 0.3) is 0 Å². The first-order valence-corrected chi connectivity index (χ1v) is 6.90. The van der Waals surface area contributed by atoms with Crippen LogP contribution in [-0.4, -0.2) is 29.1 Å². The van der Waals surface area contributed by atoms with Crippen molar-refractivity contribution in [2.24, 2.45) is 0 Å². The van der Waals surface area contributed by atoms with Crippen LogP contribution in [0.2, 0.25) is 0 Å². The summed E-state index contributed by atoms with van der Waals surface area (Å²) in [4.78, 5) is 27.5. The zero-order chi connectivity index (χ0) is 15.4. The second-order valence-corrected chi connectivity index (χ2v) is 5.30. The molecule has 0 aliphatic carbocycles. The van der Waals surface area contributed by atoms with E-state index in [1.54, 1.807) is 43.3 Å². The highest BCUT2D eigenvalue weighted by atomic mass is 32.2. The summed E-state index contributed by atoms with van der Waals surface area (Å²) in [6.07, 6.45) is 0. The lowest BCUT2D eigenvalue weighted by Crippen LogP contribution is -2.05. The molecule has 0 amide bonds. The molecule has 1 heterocycles. The SMILES string of the molecule is COC(=O)c1ccc(Sc2ccc(C(=O)O)cc2)nc1C. The number of aromatic nitrogens is 1. The van der Waals surface area contributed by atoms with Gasteiger partial charge in [-0.15, -0.1) is 0 Å². The second-order valence-electron chi connectivity index (χ2n) is 4.21. The van der Waals surface area contributed by atoms with Crippen LogP contribution < -0.4 is 0 Å². The van der Waals surface area contributed by atoms with Crippen LogP contribution >= 0.6 is 11.8 Å². The standard InChI is InChI=1S/C15H13NO4S/c1-9-12(15(19)20-2)7-8-13(16-9)21-11-5-3-10(4-6-11)14(17)18/h3-8H,1-2H3,(H,17,18). The van der Waals surface area contributed by atoms with Crippen LogP contribution in [0.3, 0.4) is 0 Å². The molecule has 0 saturated heterocycles. The predicted molar refractivity (Wildman–Crippen MR) is 77.8 cm³/mol. The minimum absolute atomic E-state index is 0.240. The van der Waals surface area contributed by atoms with E-state index < -0.39 is 11.9 Å². The number of hydrogen-bond acceptors (Lipinski definition) is 5. The third-order valence-corrected chi connectivity index (χ3v) is 3.73. The molecule has 0 atom stereocenters. The van der Waals surface area contributed by atoms with Crippen LogP contribution in [0.5, 0.6) is 0 Å². The molecular formula is C15H13NO4S. The topological polar surface area (TPSA) is 76.5 Å². The van der Waals surface area contributed by atoms with Crippen molar-refractivity contribution in [2.75, 3.05) is 7.11 Å². The number of carbonyl (C=O) groups excluding carboxylic acids is 1. The zero-order valence-corrected chi connectivity index (χ0v) is 12.3. The van der Waals surface area contributed by atoms with E-state index in [4.69, 9.17) is 5.11 Å². The number of hydrogen-bond donors (Lipinski definition) is 1. The fourth-order valence-corrected chi connectivity index (χ4v) is 2.54. The number of aryl methyl sites for hydroxylation is 1. The van der Waals surface area contributed by atoms with Crippen molar-refractivity contribution >= 4 is 23.7 Å². The average Bonchev–Trinajstić information content (AvgIpc) is 2.47. The lowest BCUT2D eigenvalue weighted by molar-refractivity contribution is 0.0598. The Bertz CT molecular complexity index is 683. The highest BCUT2D eigenvalue weighted by Crippen LogP contribution is 2.27. The van der Waals surface area contributed by atoms with Crippen LogP contribution in [-0.2, 0) is 4.74 Å². The molecule has 0 fully saturated rings. The third kappa shape index (κ3) is 3.61. The van der Waals surface area contributed by atoms with Gasteiger partial charge in [-0.1, -0.05) is 11.8 Å². The summed E-state index contributed by atoms with van der Waals surface area (Å²) in [6, 6.07) is 9.93. The van der Waals surface area contributed by atoms with Crippen LogP contribution in [0.4, 0.5) is 0 Å². The van der Waals surface area contributed by atoms with Crippen molar-refractivity contribution in [1.29, 1.82) is 0 Å². The quantitative estimate of drug-likeness (QED) is 0.875. The Balaban J connectivity index is 2.18. The first-order chi connectivity index (χ1) is 10.0. The van der Waals surface area contributed by atoms with Gasteiger partial charge in [-0.3, -0.25) is 0 Å². The predicted octanol–water partition coefficient (Wildman–Crippen LogP) is 3.03. The van der Waals surface area contributed by atoms with Crippen molar-refractivity contribution < 1.29 is 19.4 Å². The van der Waals surface area contributed by atoms with Crippen LogP contribution in [0, 0.1) is 6.92 Å². The summed E-state index contributed by atoms with van der Waals surface area (Å²) in [5.74, 6) is -1.37. The first-order valence-electron chi connectivity index (χ1n) is 6.08. The fourth-order valence-electron chi connectivity index (χ4n) is 1.71. The molecule has 0 radical (unpaired) electrons. The molecule has 2 rings (SSSR count). The number of rotatable bonds is 4. The fraction of sp³-hybridized carbons (Fsp3) is 0.133. The number of benzene rings is 1. The minimum Gasteiger partial charge on any atom is -0.478 e. The highest BCUT2D eigenvalue weighted by molar-refractivity contribution is 7.99. The van der Waals surface area contributed by atoms with E-state index in [2.05, 4.69) is 9.72 Å². The van der Waals surface area contributed by atoms with Crippen molar-refractivity contribution in [3.63, 3.8) is 0 Å². The van der Waals surface area contributed by atoms with Gasteiger partial charge in [-0.25, -0.2) is 14.6 Å². The Morgan fingerprint density at radius 2 is 1.81 bits per heavy atom. The molecule has 1 N–H and O–H groups in total. The molecule has 0 aliphatic heterocycles. The van der Waals surface area contributed by atoms with E-state index in [1.165, 1.54) is 18.9 Å². The van der Waals surface area contributed by atoms with E-state index in [1.807, 2.05) is 0 Å². The van der Waals surface area contributed by atoms with Gasteiger partial charge in [0.05, 0.1) is 23.9 Å². The van der Waals surface area contributed by atoms with Gasteiger partial charge in [0.15, 0.2) is 0 Å². The number of methoxy groups -OCH3 is 1. The van der Waals surface area contributed by atoms with Gasteiger partial charge < -0.3 is 9.84 Å². The maximum Gasteiger partial charge on any atom is 0.339 e. The third-order valence-electron chi connectivity index (χ3n) is 2.79. The number of pyridine rings is 1. The van der Waals surface area contributed by atoms with E-state index >= 15 is 0 Å². The molecule has 1 aromatic heterocycles. The zero-order valence-electron chi connectivity index (χ0n) is 11.5. The molecule has 0 spiro atoms. The first kappa shape index (κ1) is 15.1. The van der Waals surface area contributed by atoms with Gasteiger partial charge in [0.2, 0.25) is 0 Å². The molecule has 108 valence electrons. The summed E-state index contributed by atoms with van der Waals surface area (Å²) in [5.41, 5.74) is 1.27. The van der Waals surface area contributed by atoms with Crippen LogP contribution in [0.1, 0.15) is 26.4 Å². The number of carboxylic acids is 1. The molecule has 1 aromatic carbocycles. The number of nitrogens with zero attached hydrogens (tertiary/aromatic N) is 1. The van der Waals surface area contributed by atoms with E-state index in [-0.39, 0.29) is 5.56 Å². The van der Waals surface area contributed by atoms with Gasteiger partial charge in [-0.2, -0.15) is 0 Å². The number of carboxylic acid groups (broad SMARTS) is 1. The average molecular weight is 303 g/mol. The number of ether oxygens (including phenoxy) is 1. The maximum absolute atomic E-state index is 11.5. The summed E-state index contributed by atoms with van der Waals surface area (Å²) in [6.45, 7) is 1.74. The molecule has 0 aliphatic rings. The summed E-state index contributed by atoms with van der Waals surface area (Å²) in [7, 11) is 1.33. The Hall–Kier alpha value is -2.34. The molecule has 6 heteroatoms. The molecular weight excluding hydrogens is 290 g/mol. The smallest absolute Gasteiger partial charge is 0.339 e. The largest absolute Gasteiger partial charge is 0.478 e. The number of aromatic carboxylic acids is 1. The number of carbonyl (C=O) groups is 2. The van der Waals surface area contributed by atoms with Gasteiger partial charge in [0, 0.05) is 4.90 Å². The van der Waals surface area contributed by atoms with E-state index in [0.29, 0.717) is 11.3 Å². The summed E-state index contributed by atoms with van der Waals surface area (Å²) < 4.78 is 4.67. The molecule has 5 nitrogen and oxygen atoms in total. The summed E-state index contributed by atoms with van der Waals surface area (Å²) >= 11 is 1.39. The molecule has 21 heavy (non-hydrogen) atoms. The van der Waals surface area contributed by atoms with Crippen LogP contribution in [0.15, 0.2) is 46.3 Å². The molecule has 0 bridgehead atoms.